The lowest BCUT2D eigenvalue weighted by Crippen LogP contribution is -2.53. The van der Waals surface area contributed by atoms with Crippen molar-refractivity contribution in [3.05, 3.63) is 300 Å². The number of nitrogens with zero attached hydrogens (tertiary/aromatic N) is 24. The number of azo groups is 8. The smallest absolute Gasteiger partial charge is 0.303 e. The number of ether oxygens (including phenoxy) is 3. The molecule has 1 aliphatic heterocycles. The zero-order chi connectivity index (χ0) is 102. The highest BCUT2D eigenvalue weighted by Crippen LogP contribution is 2.42. The van der Waals surface area contributed by atoms with Crippen LogP contribution in [-0.2, 0) is 67.6 Å². The van der Waals surface area contributed by atoms with Crippen molar-refractivity contribution in [1.82, 2.24) is 29.9 Å². The van der Waals surface area contributed by atoms with Gasteiger partial charge in [-0.05, 0) is 263 Å². The molecule has 1 saturated heterocycles. The Morgan fingerprint density at radius 1 is 0.386 bits per heavy atom. The summed E-state index contributed by atoms with van der Waals surface area (Å²) in [6.07, 6.45) is 0.358. The molecule has 1 fully saturated rings. The molecule has 0 bridgehead atoms. The third-order valence-corrected chi connectivity index (χ3v) is 25.0. The highest BCUT2D eigenvalue weighted by molar-refractivity contribution is 7.86. The van der Waals surface area contributed by atoms with E-state index in [0.29, 0.717) is 126 Å². The van der Waals surface area contributed by atoms with Gasteiger partial charge in [-0.2, -0.15) is 130 Å². The summed E-state index contributed by atoms with van der Waals surface area (Å²) in [6, 6.07) is 66.1. The fourth-order valence-corrected chi connectivity index (χ4v) is 16.5. The predicted octanol–water partition coefficient (Wildman–Crippen LogP) is 24.2. The Balaban J connectivity index is 0.749. The molecule has 15 rings (SSSR count). The minimum atomic E-state index is -4.91. The van der Waals surface area contributed by atoms with Crippen LogP contribution >= 0.6 is 0 Å². The number of carboxylic acid groups (broad SMARTS) is 1. The first-order valence-electron chi connectivity index (χ1n) is 44.2. The van der Waals surface area contributed by atoms with Crippen LogP contribution in [0.1, 0.15) is 71.2 Å². The van der Waals surface area contributed by atoms with E-state index in [2.05, 4.69) is 92.5 Å². The van der Waals surface area contributed by atoms with Crippen molar-refractivity contribution >= 4 is 179 Å². The van der Waals surface area contributed by atoms with Gasteiger partial charge in [-0.15, -0.1) is 10.2 Å². The van der Waals surface area contributed by atoms with E-state index in [9.17, 15) is 66.6 Å². The van der Waals surface area contributed by atoms with E-state index in [1.165, 1.54) is 72.8 Å². The monoisotopic (exact) mass is 2030 g/mol. The molecule has 1 aliphatic rings. The molecule has 0 radical (unpaired) electrons. The van der Waals surface area contributed by atoms with Crippen LogP contribution in [0.15, 0.2) is 356 Å². The van der Waals surface area contributed by atoms with Crippen LogP contribution in [-0.4, -0.2) is 145 Å². The van der Waals surface area contributed by atoms with Gasteiger partial charge in [0.15, 0.2) is 0 Å². The van der Waals surface area contributed by atoms with Gasteiger partial charge in [-0.3, -0.25) is 27.8 Å². The van der Waals surface area contributed by atoms with Gasteiger partial charge >= 0.3 is 5.97 Å². The number of hydrogen-bond donors (Lipinski definition) is 7. The molecule has 14 aromatic rings. The minimum absolute atomic E-state index is 0.000935. The average Bonchev–Trinajstić information content (AvgIpc) is 0.798. The number of rotatable bonds is 41. The molecule has 0 spiro atoms. The number of carboxylic acids is 1. The van der Waals surface area contributed by atoms with Crippen LogP contribution in [0.5, 0.6) is 11.5 Å². The molecule has 44 nitrogen and oxygen atoms in total. The quantitative estimate of drug-likeness (QED) is 0.00810. The van der Waals surface area contributed by atoms with E-state index < -0.39 is 62.3 Å². The molecular formula is C97H88N26O18S4. The number of piperazine rings is 1. The van der Waals surface area contributed by atoms with Crippen LogP contribution in [0.3, 0.4) is 0 Å². The SMILES string of the molecule is Cc1cc(Nc2nc(Nc3cc(C)c(N=Nc4ccc(N=Nc5ccccc5)cc4S(=O)(=O)O)cc3OCCCOC=O)nc(N3CCN(c4nc(Cc5ccc(N=Nc6ccc(N=Nc7ccccc7)cc6S(=O)(=O)O)c(C)c5)nc(Cc5cc(C)c(N=Nc6ccc(N=Nc7ccc(S(=O)(=O)O)cc7)cc6)cc5OCCCC(=O)O)n4)C(C)C3)n2)ccc1N=Nc1ccc(N=Nc2ccc(S(=O)(=O)O)cc2)cc1. The van der Waals surface area contributed by atoms with E-state index >= 15 is 0 Å². The summed E-state index contributed by atoms with van der Waals surface area (Å²) in [5.41, 5.74) is 9.40. The van der Waals surface area contributed by atoms with Gasteiger partial charge in [0.2, 0.25) is 23.8 Å². The largest absolute Gasteiger partial charge is 0.493 e. The Labute approximate surface area is 830 Å². The molecule has 7 N–H and O–H groups in total. The fourth-order valence-electron chi connectivity index (χ4n) is 14.2. The van der Waals surface area contributed by atoms with Gasteiger partial charge in [0.25, 0.3) is 46.9 Å². The van der Waals surface area contributed by atoms with E-state index in [4.69, 9.17) is 44.1 Å². The fraction of sp³-hybridized carbons (Fsp3) is 0.175. The second-order valence-corrected chi connectivity index (χ2v) is 38.0. The standard InChI is InChI=1S/C97H88N26O18S4/c1-60-48-65(19-39-80(60)117-118-82-41-33-76(54-89(82)144(133,134)135)114-106-67-14-8-6-9-15-67)52-91-100-92(53-66-49-61(2)84(56-87(66)140-46-12-18-93(125)126)120-113-72-26-22-70(23-27-72)109-111-74-30-37-79(38-31-74)143(130,131)132)102-97(101-91)123-44-43-122(58-64(123)5)96-104-94(98-75-32-40-81(62(3)50-75)116-112-71-24-20-69(21-25-71)108-110-73-28-35-78(36-29-73)142(127,128)129)103-95(105-96)99-86-51-63(4)85(57-88(86)141-47-13-45-139-59-124)121-119-83-42-34-77(55-90(83)145(136,137)138)115-107-68-16-10-7-11-17-68/h6-11,14-17,19-42,48-51,54-57,59,64H,12-13,18,43-47,52-53,58H2,1-5H3,(H,125,126)(H,127,128,129)(H,130,131,132)(H,133,134,135)(H,136,137,138)(H2,98,99,103,104,105). The molecule has 0 amide bonds. The number of anilines is 6. The maximum atomic E-state index is 12.9. The van der Waals surface area contributed by atoms with Gasteiger partial charge < -0.3 is 39.8 Å². The molecule has 145 heavy (non-hydrogen) atoms. The highest BCUT2D eigenvalue weighted by atomic mass is 32.2. The van der Waals surface area contributed by atoms with Crippen molar-refractivity contribution in [3.63, 3.8) is 0 Å². The molecule has 0 saturated carbocycles. The third kappa shape index (κ3) is 28.8. The van der Waals surface area contributed by atoms with Gasteiger partial charge in [-0.25, -0.2) is 4.98 Å². The Morgan fingerprint density at radius 2 is 0.793 bits per heavy atom. The average molecular weight is 2030 g/mol. The lowest BCUT2D eigenvalue weighted by atomic mass is 10.0. The van der Waals surface area contributed by atoms with Crippen molar-refractivity contribution in [3.8, 4) is 11.5 Å². The van der Waals surface area contributed by atoms with Crippen molar-refractivity contribution in [2.75, 3.05) is 59.9 Å². The second-order valence-electron chi connectivity index (χ2n) is 32.4. The summed E-state index contributed by atoms with van der Waals surface area (Å²) in [4.78, 5) is 55.9. The molecule has 1 unspecified atom stereocenters. The van der Waals surface area contributed by atoms with Gasteiger partial charge in [-0.1, -0.05) is 48.5 Å². The molecule has 738 valence electrons. The van der Waals surface area contributed by atoms with Crippen LogP contribution in [0, 0.1) is 27.7 Å². The number of aryl methyl sites for hydroxylation is 4. The topological polar surface area (TPSA) is 605 Å². The lowest BCUT2D eigenvalue weighted by Gasteiger charge is -2.40. The number of nitrogens with one attached hydrogen (secondary N) is 2. The summed E-state index contributed by atoms with van der Waals surface area (Å²) in [5, 5.41) is 85.4. The molecular weight excluding hydrogens is 1950 g/mol. The first kappa shape index (κ1) is 102. The van der Waals surface area contributed by atoms with Crippen LogP contribution in [0.2, 0.25) is 0 Å². The number of aliphatic carboxylic acids is 1. The van der Waals surface area contributed by atoms with Gasteiger partial charge in [0.1, 0.15) is 44.3 Å². The van der Waals surface area contributed by atoms with E-state index in [0.717, 1.165) is 17.7 Å². The normalized spacial score (nSPS) is 13.4. The van der Waals surface area contributed by atoms with Crippen molar-refractivity contribution in [2.45, 2.75) is 92.3 Å². The van der Waals surface area contributed by atoms with Crippen LogP contribution in [0.4, 0.5) is 126 Å². The maximum absolute atomic E-state index is 12.9. The van der Waals surface area contributed by atoms with E-state index in [1.807, 2.05) is 54.8 Å². The predicted molar refractivity (Wildman–Crippen MR) is 534 cm³/mol. The lowest BCUT2D eigenvalue weighted by molar-refractivity contribution is -0.137. The Hall–Kier alpha value is -17.2. The first-order chi connectivity index (χ1) is 69.6. The molecule has 0 aliphatic carbocycles. The zero-order valence-corrected chi connectivity index (χ0v) is 80.9. The second kappa shape index (κ2) is 46.5. The Kier molecular flexibility index (Phi) is 32.8. The molecule has 48 heteroatoms. The molecule has 12 aromatic carbocycles. The highest BCUT2D eigenvalue weighted by Gasteiger charge is 2.31. The summed E-state index contributed by atoms with van der Waals surface area (Å²) in [5.74, 6) is 0.665. The summed E-state index contributed by atoms with van der Waals surface area (Å²) < 4.78 is 155. The van der Waals surface area contributed by atoms with Crippen molar-refractivity contribution in [1.29, 1.82) is 0 Å². The zero-order valence-electron chi connectivity index (χ0n) is 77.6. The number of carbonyl (C=O) groups is 2. The summed E-state index contributed by atoms with van der Waals surface area (Å²) >= 11 is 0. The Morgan fingerprint density at radius 3 is 1.28 bits per heavy atom. The van der Waals surface area contributed by atoms with Crippen molar-refractivity contribution in [2.24, 2.45) is 81.8 Å². The number of benzene rings is 12. The van der Waals surface area contributed by atoms with E-state index in [-0.39, 0.29) is 139 Å². The third-order valence-electron chi connectivity index (χ3n) is 21.5. The van der Waals surface area contributed by atoms with Gasteiger partial charge in [0.05, 0.1) is 115 Å². The van der Waals surface area contributed by atoms with Crippen LogP contribution in [0.25, 0.3) is 0 Å². The molecule has 2 aromatic heterocycles. The minimum Gasteiger partial charge on any atom is -0.493 e. The van der Waals surface area contributed by atoms with E-state index in [1.54, 1.807) is 159 Å². The maximum Gasteiger partial charge on any atom is 0.303 e. The molecule has 3 heterocycles. The number of aromatic nitrogens is 6. The number of carbonyl (C=O) groups excluding carboxylic acids is 1. The number of hydrogen-bond acceptors (Lipinski definition) is 39. The summed E-state index contributed by atoms with van der Waals surface area (Å²) in [7, 11) is -18.6. The Bertz CT molecular complexity index is 7910. The molecule has 1 atom stereocenters. The van der Waals surface area contributed by atoms with Crippen LogP contribution < -0.4 is 29.9 Å². The van der Waals surface area contributed by atoms with Gasteiger partial charge in [0, 0.05) is 74.7 Å². The first-order valence-corrected chi connectivity index (χ1v) is 50.0. The van der Waals surface area contributed by atoms with Crippen molar-refractivity contribution < 1.29 is 80.8 Å². The summed E-state index contributed by atoms with van der Waals surface area (Å²) in [6.45, 7) is 10.2.